The smallest absolute Gasteiger partial charge is 0.354 e. The summed E-state index contributed by atoms with van der Waals surface area (Å²) >= 11 is 0. The van der Waals surface area contributed by atoms with Gasteiger partial charge < -0.3 is 14.8 Å². The Hall–Kier alpha value is -4.77. The monoisotopic (exact) mass is 687 g/mol. The first-order chi connectivity index (χ1) is 24.4. The number of rotatable bonds is 9. The Bertz CT molecular complexity index is 2060. The van der Waals surface area contributed by atoms with Crippen molar-refractivity contribution in [3.05, 3.63) is 142 Å². The van der Waals surface area contributed by atoms with Gasteiger partial charge in [-0.25, -0.2) is 18.4 Å². The number of nitrogens with zero attached hydrogens (tertiary/aromatic N) is 3. The fraction of sp³-hybridized carbons (Fsp3) is 0.300. The molecular weight excluding hydrogens is 647 g/mol. The molecule has 5 aromatic rings. The molecule has 10 heteroatoms. The number of benzene rings is 4. The number of anilines is 1. The molecule has 0 spiro atoms. The first kappa shape index (κ1) is 32.4. The molecule has 256 valence electrons. The Balaban J connectivity index is 1.33. The lowest BCUT2D eigenvalue weighted by Crippen LogP contribution is -2.48. The molecule has 9 nitrogen and oxygen atoms in total. The van der Waals surface area contributed by atoms with Crippen molar-refractivity contribution in [2.24, 2.45) is 4.36 Å². The number of hydrogen-bond acceptors (Lipinski definition) is 5. The zero-order valence-corrected chi connectivity index (χ0v) is 29.1. The van der Waals surface area contributed by atoms with Gasteiger partial charge in [-0.05, 0) is 78.0 Å². The van der Waals surface area contributed by atoms with E-state index in [0.717, 1.165) is 65.6 Å². The molecule has 3 atom stereocenters. The van der Waals surface area contributed by atoms with Crippen molar-refractivity contribution in [3.63, 3.8) is 0 Å². The maximum absolute atomic E-state index is 16.0. The number of amides is 2. The minimum atomic E-state index is -3.82. The first-order valence-corrected chi connectivity index (χ1v) is 18.8. The fourth-order valence-electron chi connectivity index (χ4n) is 8.07. The lowest BCUT2D eigenvalue weighted by molar-refractivity contribution is 0.179. The Labute approximate surface area is 293 Å². The molecule has 50 heavy (non-hydrogen) atoms. The van der Waals surface area contributed by atoms with Gasteiger partial charge in [0.2, 0.25) is 5.88 Å². The Morgan fingerprint density at radius 3 is 2.22 bits per heavy atom. The summed E-state index contributed by atoms with van der Waals surface area (Å²) in [4.78, 5) is 14.7. The van der Waals surface area contributed by atoms with E-state index in [9.17, 15) is 4.79 Å². The van der Waals surface area contributed by atoms with Gasteiger partial charge in [0.25, 0.3) is 0 Å². The number of nitrogens with one attached hydrogen (secondary N) is 2. The fourth-order valence-corrected chi connectivity index (χ4v) is 9.95. The van der Waals surface area contributed by atoms with Crippen molar-refractivity contribution in [3.8, 4) is 5.88 Å². The summed E-state index contributed by atoms with van der Waals surface area (Å²) in [5.41, 5.74) is 6.88. The van der Waals surface area contributed by atoms with Crippen LogP contribution < -0.4 is 14.8 Å². The third-order valence-electron chi connectivity index (χ3n) is 10.2. The Morgan fingerprint density at radius 2 is 1.60 bits per heavy atom. The summed E-state index contributed by atoms with van der Waals surface area (Å²) in [6, 6.07) is 31.2. The van der Waals surface area contributed by atoms with Crippen LogP contribution in [-0.2, 0) is 46.0 Å². The normalized spacial score (nSPS) is 18.8. The van der Waals surface area contributed by atoms with E-state index >= 15 is 4.21 Å². The molecule has 0 fully saturated rings. The summed E-state index contributed by atoms with van der Waals surface area (Å²) in [6.07, 6.45) is 6.10. The standard InChI is InChI=1S/C40H41N5O4S/c1-27-25-45-38(49-27)35(24-41-45)50(47,43-39(46)42-37-34-20-12-13-28(34)23-29-21-22-30(26-48-2)36(29)37)44-40(31-14-6-3-7-15-31,32-16-8-4-9-17-32)33-18-10-5-11-19-33/h3-11,14-19,23-24,27,30H,12-13,20-22,25-26H2,1-2H3,(H2,42,43,44,46,47)/t27-,30-,50?/m1/s1. The number of carbonyl (C=O) groups excluding carboxylic acids is 1. The van der Waals surface area contributed by atoms with Gasteiger partial charge in [0, 0.05) is 18.7 Å². The molecule has 2 amide bonds. The summed E-state index contributed by atoms with van der Waals surface area (Å²) in [7, 11) is -2.10. The zero-order valence-electron chi connectivity index (χ0n) is 28.3. The van der Waals surface area contributed by atoms with E-state index in [0.29, 0.717) is 19.0 Å². The number of urea groups is 1. The van der Waals surface area contributed by atoms with Crippen LogP contribution in [-0.4, -0.2) is 39.8 Å². The van der Waals surface area contributed by atoms with E-state index in [-0.39, 0.29) is 16.9 Å². The number of aromatic nitrogens is 2. The van der Waals surface area contributed by atoms with Crippen LogP contribution in [0.1, 0.15) is 64.6 Å². The van der Waals surface area contributed by atoms with Gasteiger partial charge >= 0.3 is 6.03 Å². The van der Waals surface area contributed by atoms with Crippen molar-refractivity contribution in [2.45, 2.75) is 68.0 Å². The second kappa shape index (κ2) is 13.2. The second-order valence-electron chi connectivity index (χ2n) is 13.4. The summed E-state index contributed by atoms with van der Waals surface area (Å²) < 4.78 is 37.7. The predicted octanol–water partition coefficient (Wildman–Crippen LogP) is 7.38. The van der Waals surface area contributed by atoms with Gasteiger partial charge in [0.05, 0.1) is 19.3 Å². The maximum atomic E-state index is 16.0. The highest BCUT2D eigenvalue weighted by Crippen LogP contribution is 2.45. The Morgan fingerprint density at radius 1 is 0.960 bits per heavy atom. The van der Waals surface area contributed by atoms with Crippen molar-refractivity contribution in [1.82, 2.24) is 14.5 Å². The molecular formula is C40H41N5O4S. The van der Waals surface area contributed by atoms with Crippen molar-refractivity contribution in [2.75, 3.05) is 19.0 Å². The van der Waals surface area contributed by atoms with Crippen LogP contribution in [0, 0.1) is 0 Å². The van der Waals surface area contributed by atoms with E-state index in [1.165, 1.54) is 17.3 Å². The van der Waals surface area contributed by atoms with E-state index < -0.39 is 21.5 Å². The number of hydrogen-bond donors (Lipinski definition) is 2. The number of carbonyl (C=O) groups is 1. The molecule has 1 aliphatic heterocycles. The van der Waals surface area contributed by atoms with Crippen LogP contribution in [0.2, 0.25) is 0 Å². The lowest BCUT2D eigenvalue weighted by atomic mass is 9.78. The van der Waals surface area contributed by atoms with Crippen LogP contribution in [0.4, 0.5) is 10.5 Å². The van der Waals surface area contributed by atoms with Gasteiger partial charge in [-0.3, -0.25) is 0 Å². The van der Waals surface area contributed by atoms with Crippen molar-refractivity contribution >= 4 is 21.6 Å². The molecule has 3 aliphatic rings. The van der Waals surface area contributed by atoms with E-state index in [1.54, 1.807) is 11.8 Å². The van der Waals surface area contributed by atoms with Crippen LogP contribution in [0.3, 0.4) is 0 Å². The highest BCUT2D eigenvalue weighted by Gasteiger charge is 2.42. The molecule has 2 aliphatic carbocycles. The van der Waals surface area contributed by atoms with Gasteiger partial charge in [0.15, 0.2) is 9.92 Å². The molecule has 0 saturated heterocycles. The summed E-state index contributed by atoms with van der Waals surface area (Å²) in [5, 5.41) is 7.73. The van der Waals surface area contributed by atoms with Crippen LogP contribution in [0.25, 0.3) is 0 Å². The number of methoxy groups -OCH3 is 1. The number of fused-ring (bicyclic) bond motifs is 3. The highest BCUT2D eigenvalue weighted by molar-refractivity contribution is 7.92. The summed E-state index contributed by atoms with van der Waals surface area (Å²) in [5.74, 6) is 0.505. The van der Waals surface area contributed by atoms with E-state index in [1.807, 2.05) is 97.9 Å². The molecule has 1 unspecified atom stereocenters. The average Bonchev–Trinajstić information content (AvgIpc) is 3.93. The quantitative estimate of drug-likeness (QED) is 0.157. The second-order valence-corrected chi connectivity index (χ2v) is 15.3. The van der Waals surface area contributed by atoms with Crippen molar-refractivity contribution < 1.29 is 18.5 Å². The molecule has 0 radical (unpaired) electrons. The first-order valence-electron chi connectivity index (χ1n) is 17.3. The van der Waals surface area contributed by atoms with Crippen LogP contribution in [0.15, 0.2) is 113 Å². The number of ether oxygens (including phenoxy) is 2. The van der Waals surface area contributed by atoms with Crippen LogP contribution >= 0.6 is 0 Å². The van der Waals surface area contributed by atoms with E-state index in [2.05, 4.69) is 25.6 Å². The SMILES string of the molecule is COC[C@H]1CCc2cc3c(c(NC(=O)N=S(=O)(NC(c4ccccc4)(c4ccccc4)c4ccccc4)c4cnn5c4O[C@H](C)C5)c21)CCC3. The number of aryl methyl sites for hydroxylation is 2. The zero-order chi connectivity index (χ0) is 34.3. The summed E-state index contributed by atoms with van der Waals surface area (Å²) in [6.45, 7) is 3.00. The van der Waals surface area contributed by atoms with E-state index in [4.69, 9.17) is 9.47 Å². The topological polar surface area (TPSA) is 107 Å². The van der Waals surface area contributed by atoms with Crippen LogP contribution in [0.5, 0.6) is 5.88 Å². The van der Waals surface area contributed by atoms with Gasteiger partial charge in [-0.15, -0.1) is 4.36 Å². The molecule has 4 aromatic carbocycles. The molecule has 0 bridgehead atoms. The largest absolute Gasteiger partial charge is 0.472 e. The maximum Gasteiger partial charge on any atom is 0.354 e. The van der Waals surface area contributed by atoms with Gasteiger partial charge in [0.1, 0.15) is 16.5 Å². The molecule has 1 aromatic heterocycles. The molecule has 8 rings (SSSR count). The minimum Gasteiger partial charge on any atom is -0.472 e. The Kier molecular flexibility index (Phi) is 8.54. The third kappa shape index (κ3) is 5.61. The lowest BCUT2D eigenvalue weighted by Gasteiger charge is -2.37. The average molecular weight is 688 g/mol. The predicted molar refractivity (Wildman–Crippen MR) is 194 cm³/mol. The third-order valence-corrected chi connectivity index (χ3v) is 12.1. The minimum absolute atomic E-state index is 0.161. The highest BCUT2D eigenvalue weighted by atomic mass is 32.2. The molecule has 2 N–H and O–H groups in total. The van der Waals surface area contributed by atoms with Gasteiger partial charge in [-0.1, -0.05) is 97.1 Å². The molecule has 2 heterocycles. The molecule has 0 saturated carbocycles. The van der Waals surface area contributed by atoms with Crippen molar-refractivity contribution in [1.29, 1.82) is 0 Å². The van der Waals surface area contributed by atoms with Gasteiger partial charge in [-0.2, -0.15) is 5.10 Å².